The number of hydrogen-bond acceptors (Lipinski definition) is 8. The van der Waals surface area contributed by atoms with Crippen LogP contribution in [0.5, 0.6) is 0 Å². The van der Waals surface area contributed by atoms with Gasteiger partial charge in [0.1, 0.15) is 24.2 Å². The molecule has 2 aromatic rings. The highest BCUT2D eigenvalue weighted by molar-refractivity contribution is 5.96. The Morgan fingerprint density at radius 3 is 2.69 bits per heavy atom. The van der Waals surface area contributed by atoms with Crippen LogP contribution in [0.4, 0.5) is 24.7 Å². The van der Waals surface area contributed by atoms with Crippen molar-refractivity contribution in [1.82, 2.24) is 9.97 Å². The maximum absolute atomic E-state index is 13.3. The minimum atomic E-state index is -4.63. The van der Waals surface area contributed by atoms with Crippen molar-refractivity contribution < 1.29 is 18.1 Å². The van der Waals surface area contributed by atoms with Crippen molar-refractivity contribution in [2.75, 3.05) is 16.8 Å². The summed E-state index contributed by atoms with van der Waals surface area (Å²) in [7, 11) is 0. The van der Waals surface area contributed by atoms with E-state index in [2.05, 4.69) is 20.3 Å². The molecule has 0 atom stereocenters. The Hall–Kier alpha value is -4.01. The van der Waals surface area contributed by atoms with Gasteiger partial charge in [0.05, 0.1) is 34.4 Å². The van der Waals surface area contributed by atoms with E-state index < -0.39 is 22.2 Å². The van der Waals surface area contributed by atoms with Gasteiger partial charge in [-0.2, -0.15) is 18.4 Å². The van der Waals surface area contributed by atoms with Crippen LogP contribution >= 0.6 is 0 Å². The summed E-state index contributed by atoms with van der Waals surface area (Å²) in [5.41, 5.74) is 0.478. The molecule has 3 heterocycles. The number of nitrogens with zero attached hydrogens (tertiary/aromatic N) is 6. The number of alkyl halides is 3. The summed E-state index contributed by atoms with van der Waals surface area (Å²) < 4.78 is 39.9. The molecule has 0 aliphatic carbocycles. The van der Waals surface area contributed by atoms with Gasteiger partial charge in [-0.15, -0.1) is 0 Å². The van der Waals surface area contributed by atoms with Gasteiger partial charge in [-0.05, 0) is 24.6 Å². The maximum Gasteiger partial charge on any atom is 0.417 e. The van der Waals surface area contributed by atoms with Gasteiger partial charge in [-0.1, -0.05) is 0 Å². The predicted octanol–water partition coefficient (Wildman–Crippen LogP) is 3.65. The maximum atomic E-state index is 13.3. The molecule has 1 aromatic carbocycles. The van der Waals surface area contributed by atoms with E-state index >= 15 is 0 Å². The highest BCUT2D eigenvalue weighted by Crippen LogP contribution is 2.35. The monoisotopic (exact) mass is 443 g/mol. The number of anilines is 2. The average Bonchev–Trinajstić information content (AvgIpc) is 2.78. The Labute approximate surface area is 180 Å². The van der Waals surface area contributed by atoms with Crippen molar-refractivity contribution in [1.29, 1.82) is 5.26 Å². The molecule has 164 valence electrons. The molecule has 0 unspecified atom stereocenters. The van der Waals surface area contributed by atoms with E-state index in [0.717, 1.165) is 11.6 Å². The molecule has 0 saturated carbocycles. The van der Waals surface area contributed by atoms with Crippen molar-refractivity contribution in [2.45, 2.75) is 32.0 Å². The Morgan fingerprint density at radius 2 is 2.03 bits per heavy atom. The zero-order valence-electron chi connectivity index (χ0n) is 16.6. The average molecular weight is 443 g/mol. The first-order valence-electron chi connectivity index (χ1n) is 9.62. The predicted molar refractivity (Wildman–Crippen MR) is 108 cm³/mol. The topological polar surface area (TPSA) is 120 Å². The van der Waals surface area contributed by atoms with Crippen molar-refractivity contribution in [2.24, 2.45) is 4.99 Å². The SMILES string of the molecule is N#Cc1ccc(N2CCc3c(ncnc3NC3=NC=C([N+](=O)[O-])CC3)C2)cc1C(F)(F)F. The fourth-order valence-corrected chi connectivity index (χ4v) is 3.64. The Bertz CT molecular complexity index is 1180. The van der Waals surface area contributed by atoms with Crippen molar-refractivity contribution in [3.63, 3.8) is 0 Å². The highest BCUT2D eigenvalue weighted by atomic mass is 19.4. The smallest absolute Gasteiger partial charge is 0.365 e. The summed E-state index contributed by atoms with van der Waals surface area (Å²) >= 11 is 0. The fraction of sp³-hybridized carbons (Fsp3) is 0.300. The number of nitriles is 1. The van der Waals surface area contributed by atoms with Crippen LogP contribution in [-0.2, 0) is 19.1 Å². The summed E-state index contributed by atoms with van der Waals surface area (Å²) in [5, 5.41) is 22.9. The first kappa shape index (κ1) is 21.2. The quantitative estimate of drug-likeness (QED) is 0.568. The largest absolute Gasteiger partial charge is 0.417 e. The van der Waals surface area contributed by atoms with Crippen LogP contribution in [0.1, 0.15) is 35.2 Å². The molecule has 32 heavy (non-hydrogen) atoms. The molecule has 9 nitrogen and oxygen atoms in total. The first-order valence-corrected chi connectivity index (χ1v) is 9.62. The van der Waals surface area contributed by atoms with Gasteiger partial charge in [0.2, 0.25) is 0 Å². The Balaban J connectivity index is 1.56. The second-order valence-electron chi connectivity index (χ2n) is 7.24. The van der Waals surface area contributed by atoms with Crippen molar-refractivity contribution in [3.05, 3.63) is 68.9 Å². The number of amidine groups is 1. The van der Waals surface area contributed by atoms with Crippen LogP contribution < -0.4 is 10.2 Å². The Kier molecular flexibility index (Phi) is 5.48. The first-order chi connectivity index (χ1) is 15.3. The molecule has 1 N–H and O–H groups in total. The fourth-order valence-electron chi connectivity index (χ4n) is 3.64. The zero-order valence-corrected chi connectivity index (χ0v) is 16.6. The molecule has 2 aliphatic rings. The molecule has 4 rings (SSSR count). The second kappa shape index (κ2) is 8.26. The van der Waals surface area contributed by atoms with Crippen molar-refractivity contribution in [3.8, 4) is 6.07 Å². The van der Waals surface area contributed by atoms with Crippen LogP contribution in [-0.4, -0.2) is 27.3 Å². The third-order valence-electron chi connectivity index (χ3n) is 5.29. The standard InChI is InChI=1S/C20H16F3N7O2/c21-20(22,23)16-7-13(2-1-12(16)8-24)29-6-5-15-17(10-29)26-11-27-19(15)28-18-4-3-14(9-25-18)30(31)32/h1-2,7,9,11H,3-6,10H2,(H,25,26,27,28). The van der Waals surface area contributed by atoms with E-state index in [1.54, 1.807) is 11.0 Å². The lowest BCUT2D eigenvalue weighted by Crippen LogP contribution is -2.32. The summed E-state index contributed by atoms with van der Waals surface area (Å²) in [5.74, 6) is 1.07. The van der Waals surface area contributed by atoms with E-state index in [4.69, 9.17) is 5.26 Å². The summed E-state index contributed by atoms with van der Waals surface area (Å²) in [6, 6.07) is 5.24. The van der Waals surface area contributed by atoms with Crippen LogP contribution in [0.2, 0.25) is 0 Å². The van der Waals surface area contributed by atoms with Crippen LogP contribution in [0.15, 0.2) is 41.4 Å². The van der Waals surface area contributed by atoms with Crippen molar-refractivity contribution >= 4 is 17.3 Å². The number of rotatable bonds is 3. The van der Waals surface area contributed by atoms with Gasteiger partial charge in [0.15, 0.2) is 0 Å². The van der Waals surface area contributed by atoms with E-state index in [0.29, 0.717) is 42.4 Å². The third-order valence-corrected chi connectivity index (χ3v) is 5.29. The lowest BCUT2D eigenvalue weighted by atomic mass is 10.0. The molecule has 0 saturated heterocycles. The third kappa shape index (κ3) is 4.22. The number of halogens is 3. The number of hydrogen-bond donors (Lipinski definition) is 1. The molecule has 0 bridgehead atoms. The van der Waals surface area contributed by atoms with Gasteiger partial charge in [0, 0.05) is 30.6 Å². The molecule has 0 fully saturated rings. The van der Waals surface area contributed by atoms with E-state index in [1.165, 1.54) is 24.7 Å². The zero-order chi connectivity index (χ0) is 22.9. The van der Waals surface area contributed by atoms with Crippen LogP contribution in [0, 0.1) is 21.4 Å². The summed E-state index contributed by atoms with van der Waals surface area (Å²) in [4.78, 5) is 24.7. The molecule has 2 aliphatic heterocycles. The Morgan fingerprint density at radius 1 is 1.22 bits per heavy atom. The molecule has 0 radical (unpaired) electrons. The van der Waals surface area contributed by atoms with Gasteiger partial charge in [-0.25, -0.2) is 15.0 Å². The van der Waals surface area contributed by atoms with Gasteiger partial charge in [0.25, 0.3) is 5.70 Å². The number of aromatic nitrogens is 2. The molecular weight excluding hydrogens is 427 g/mol. The van der Waals surface area contributed by atoms with Crippen LogP contribution in [0.25, 0.3) is 0 Å². The number of allylic oxidation sites excluding steroid dienone is 1. The normalized spacial score (nSPS) is 15.9. The molecule has 0 amide bonds. The molecule has 12 heteroatoms. The van der Waals surface area contributed by atoms with Gasteiger partial charge in [-0.3, -0.25) is 10.1 Å². The van der Waals surface area contributed by atoms with E-state index in [9.17, 15) is 23.3 Å². The molecule has 1 aromatic heterocycles. The lowest BCUT2D eigenvalue weighted by molar-refractivity contribution is -0.428. The number of nitrogens with one attached hydrogen (secondary N) is 1. The number of benzene rings is 1. The number of aliphatic imine (C=N–C) groups is 1. The lowest BCUT2D eigenvalue weighted by Gasteiger charge is -2.31. The molecule has 0 spiro atoms. The number of nitro groups is 1. The minimum Gasteiger partial charge on any atom is -0.365 e. The second-order valence-corrected chi connectivity index (χ2v) is 7.24. The van der Waals surface area contributed by atoms with Gasteiger partial charge >= 0.3 is 6.18 Å². The highest BCUT2D eigenvalue weighted by Gasteiger charge is 2.34. The van der Waals surface area contributed by atoms with Crippen LogP contribution in [0.3, 0.4) is 0 Å². The van der Waals surface area contributed by atoms with E-state index in [1.807, 2.05) is 0 Å². The summed E-state index contributed by atoms with van der Waals surface area (Å²) in [6.45, 7) is 0.698. The van der Waals surface area contributed by atoms with E-state index in [-0.39, 0.29) is 18.7 Å². The summed E-state index contributed by atoms with van der Waals surface area (Å²) in [6.07, 6.45) is -0.971. The molecular formula is C20H16F3N7O2. The number of fused-ring (bicyclic) bond motifs is 1. The minimum absolute atomic E-state index is 0.0385. The van der Waals surface area contributed by atoms with Gasteiger partial charge < -0.3 is 10.2 Å².